The first-order valence-electron chi connectivity index (χ1n) is 5.22. The molecule has 90 valence electrons. The van der Waals surface area contributed by atoms with E-state index >= 15 is 0 Å². The molecular formula is C14H9BrFNO. The van der Waals surface area contributed by atoms with E-state index in [0.29, 0.717) is 21.2 Å². The molecule has 0 aromatic heterocycles. The minimum Gasteiger partial charge on any atom is -0.506 e. The second kappa shape index (κ2) is 4.79. The smallest absolute Gasteiger partial charge is 0.137 e. The van der Waals surface area contributed by atoms with Crippen LogP contribution in [-0.4, -0.2) is 5.11 Å². The van der Waals surface area contributed by atoms with Gasteiger partial charge in [-0.05, 0) is 40.5 Å². The molecule has 2 aromatic rings. The van der Waals surface area contributed by atoms with Gasteiger partial charge in [0.1, 0.15) is 11.6 Å². The Labute approximate surface area is 112 Å². The first-order valence-corrected chi connectivity index (χ1v) is 6.02. The molecule has 0 unspecified atom stereocenters. The molecule has 2 nitrogen and oxygen atoms in total. The van der Waals surface area contributed by atoms with Crippen LogP contribution in [0, 0.1) is 24.1 Å². The van der Waals surface area contributed by atoms with Crippen LogP contribution >= 0.6 is 15.9 Å². The van der Waals surface area contributed by atoms with Crippen molar-refractivity contribution in [2.24, 2.45) is 0 Å². The number of nitriles is 1. The highest BCUT2D eigenvalue weighted by atomic mass is 79.9. The number of phenolic OH excluding ortho intramolecular Hbond substituents is 1. The maximum Gasteiger partial charge on any atom is 0.137 e. The Bertz CT molecular complexity index is 662. The summed E-state index contributed by atoms with van der Waals surface area (Å²) in [6.45, 7) is 1.65. The van der Waals surface area contributed by atoms with E-state index in [0.717, 1.165) is 0 Å². The van der Waals surface area contributed by atoms with E-state index in [-0.39, 0.29) is 11.3 Å². The molecule has 0 heterocycles. The molecule has 0 fully saturated rings. The van der Waals surface area contributed by atoms with Gasteiger partial charge in [-0.3, -0.25) is 0 Å². The number of phenols is 1. The lowest BCUT2D eigenvalue weighted by atomic mass is 10.00. The summed E-state index contributed by atoms with van der Waals surface area (Å²) in [5.74, 6) is -0.465. The van der Waals surface area contributed by atoms with Crippen LogP contribution in [0.2, 0.25) is 0 Å². The average molecular weight is 306 g/mol. The topological polar surface area (TPSA) is 44.0 Å². The van der Waals surface area contributed by atoms with Crippen molar-refractivity contribution in [3.63, 3.8) is 0 Å². The summed E-state index contributed by atoms with van der Waals surface area (Å²) in [6, 6.07) is 9.87. The minimum atomic E-state index is -0.394. The largest absolute Gasteiger partial charge is 0.506 e. The highest BCUT2D eigenvalue weighted by molar-refractivity contribution is 9.10. The van der Waals surface area contributed by atoms with E-state index in [1.807, 2.05) is 6.07 Å². The van der Waals surface area contributed by atoms with E-state index < -0.39 is 5.82 Å². The number of nitrogens with zero attached hydrogens (tertiary/aromatic N) is 1. The lowest BCUT2D eigenvalue weighted by Crippen LogP contribution is -1.90. The summed E-state index contributed by atoms with van der Waals surface area (Å²) in [4.78, 5) is 0. The van der Waals surface area contributed by atoms with Crippen molar-refractivity contribution in [1.29, 1.82) is 5.26 Å². The number of hydrogen-bond donors (Lipinski definition) is 1. The lowest BCUT2D eigenvalue weighted by molar-refractivity contribution is 0.473. The Morgan fingerprint density at radius 3 is 2.67 bits per heavy atom. The van der Waals surface area contributed by atoms with Gasteiger partial charge in [0, 0.05) is 11.1 Å². The second-order valence-electron chi connectivity index (χ2n) is 3.90. The number of aryl methyl sites for hydroxylation is 1. The van der Waals surface area contributed by atoms with Crippen LogP contribution in [0.15, 0.2) is 34.8 Å². The van der Waals surface area contributed by atoms with Crippen molar-refractivity contribution >= 4 is 15.9 Å². The fourth-order valence-corrected chi connectivity index (χ4v) is 2.18. The van der Waals surface area contributed by atoms with E-state index in [4.69, 9.17) is 5.26 Å². The van der Waals surface area contributed by atoms with Crippen molar-refractivity contribution in [1.82, 2.24) is 0 Å². The second-order valence-corrected chi connectivity index (χ2v) is 4.76. The van der Waals surface area contributed by atoms with Crippen molar-refractivity contribution in [2.45, 2.75) is 6.92 Å². The van der Waals surface area contributed by atoms with Gasteiger partial charge in [-0.25, -0.2) is 4.39 Å². The Kier molecular flexibility index (Phi) is 3.35. The van der Waals surface area contributed by atoms with E-state index in [2.05, 4.69) is 15.9 Å². The molecule has 1 N–H and O–H groups in total. The molecule has 0 radical (unpaired) electrons. The molecular weight excluding hydrogens is 297 g/mol. The summed E-state index contributed by atoms with van der Waals surface area (Å²) in [5, 5.41) is 18.9. The van der Waals surface area contributed by atoms with E-state index in [1.54, 1.807) is 25.1 Å². The van der Waals surface area contributed by atoms with Crippen LogP contribution in [0.25, 0.3) is 11.1 Å². The fraction of sp³-hybridized carbons (Fsp3) is 0.0714. The van der Waals surface area contributed by atoms with Crippen LogP contribution in [-0.2, 0) is 0 Å². The highest BCUT2D eigenvalue weighted by Crippen LogP contribution is 2.38. The van der Waals surface area contributed by atoms with Crippen LogP contribution < -0.4 is 0 Å². The zero-order valence-electron chi connectivity index (χ0n) is 9.54. The number of rotatable bonds is 1. The Balaban J connectivity index is 2.75. The third-order valence-corrected chi connectivity index (χ3v) is 3.28. The van der Waals surface area contributed by atoms with Crippen molar-refractivity contribution in [2.75, 3.05) is 0 Å². The third kappa shape index (κ3) is 2.09. The maximum atomic E-state index is 14.0. The van der Waals surface area contributed by atoms with Crippen LogP contribution in [0.3, 0.4) is 0 Å². The average Bonchev–Trinajstić information content (AvgIpc) is 2.36. The molecule has 0 aliphatic carbocycles. The molecule has 0 saturated heterocycles. The minimum absolute atomic E-state index is 0.0708. The monoisotopic (exact) mass is 305 g/mol. The van der Waals surface area contributed by atoms with Gasteiger partial charge < -0.3 is 5.11 Å². The van der Waals surface area contributed by atoms with Gasteiger partial charge in [-0.1, -0.05) is 18.2 Å². The Morgan fingerprint density at radius 1 is 1.28 bits per heavy atom. The quantitative estimate of drug-likeness (QED) is 0.860. The molecule has 0 saturated carbocycles. The first kappa shape index (κ1) is 12.6. The van der Waals surface area contributed by atoms with Crippen molar-refractivity contribution < 1.29 is 9.50 Å². The van der Waals surface area contributed by atoms with E-state index in [1.165, 1.54) is 12.1 Å². The summed E-state index contributed by atoms with van der Waals surface area (Å²) in [5.41, 5.74) is 1.44. The normalized spacial score (nSPS) is 10.1. The zero-order chi connectivity index (χ0) is 13.3. The van der Waals surface area contributed by atoms with Crippen LogP contribution in [0.5, 0.6) is 5.75 Å². The van der Waals surface area contributed by atoms with Gasteiger partial charge in [0.2, 0.25) is 0 Å². The van der Waals surface area contributed by atoms with Gasteiger partial charge in [0.05, 0.1) is 16.1 Å². The third-order valence-electron chi connectivity index (χ3n) is 2.67. The fourth-order valence-electron chi connectivity index (χ4n) is 1.72. The molecule has 0 atom stereocenters. The summed E-state index contributed by atoms with van der Waals surface area (Å²) in [7, 11) is 0. The van der Waals surface area contributed by atoms with Gasteiger partial charge in [-0.2, -0.15) is 5.26 Å². The van der Waals surface area contributed by atoms with Gasteiger partial charge >= 0.3 is 0 Å². The molecule has 0 aliphatic heterocycles. The maximum absolute atomic E-state index is 14.0. The Morgan fingerprint density at radius 2 is 2.00 bits per heavy atom. The van der Waals surface area contributed by atoms with Crippen LogP contribution in [0.1, 0.15) is 11.1 Å². The molecule has 18 heavy (non-hydrogen) atoms. The molecule has 4 heteroatoms. The summed E-state index contributed by atoms with van der Waals surface area (Å²) >= 11 is 3.15. The molecule has 0 spiro atoms. The highest BCUT2D eigenvalue weighted by Gasteiger charge is 2.14. The molecule has 2 rings (SSSR count). The summed E-state index contributed by atoms with van der Waals surface area (Å²) < 4.78 is 14.4. The SMILES string of the molecule is Cc1cccc(-c2cc(C#N)cc(Br)c2O)c1F. The molecule has 0 aliphatic rings. The molecule has 2 aromatic carbocycles. The van der Waals surface area contributed by atoms with Gasteiger partial charge in [0.25, 0.3) is 0 Å². The van der Waals surface area contributed by atoms with Crippen molar-refractivity contribution in [3.05, 3.63) is 51.7 Å². The van der Waals surface area contributed by atoms with Crippen LogP contribution in [0.4, 0.5) is 4.39 Å². The van der Waals surface area contributed by atoms with Gasteiger partial charge in [-0.15, -0.1) is 0 Å². The number of benzene rings is 2. The number of halogens is 2. The molecule has 0 bridgehead atoms. The standard InChI is InChI=1S/C14H9BrFNO/c1-8-3-2-4-10(13(8)16)11-5-9(7-17)6-12(15)14(11)18/h2-6,18H,1H3. The first-order chi connectivity index (χ1) is 8.54. The Hall–Kier alpha value is -1.86. The lowest BCUT2D eigenvalue weighted by Gasteiger charge is -2.09. The van der Waals surface area contributed by atoms with Crippen molar-refractivity contribution in [3.8, 4) is 22.9 Å². The number of aromatic hydroxyl groups is 1. The zero-order valence-corrected chi connectivity index (χ0v) is 11.1. The van der Waals surface area contributed by atoms with Gasteiger partial charge in [0.15, 0.2) is 0 Å². The van der Waals surface area contributed by atoms with E-state index in [9.17, 15) is 9.50 Å². The predicted molar refractivity (Wildman–Crippen MR) is 70.7 cm³/mol. The number of hydrogen-bond acceptors (Lipinski definition) is 2. The summed E-state index contributed by atoms with van der Waals surface area (Å²) in [6.07, 6.45) is 0. The molecule has 0 amide bonds. The predicted octanol–water partition coefficient (Wildman–Crippen LogP) is 4.14.